The zero-order valence-corrected chi connectivity index (χ0v) is 26.5. The summed E-state index contributed by atoms with van der Waals surface area (Å²) >= 11 is 0. The fourth-order valence-electron chi connectivity index (χ4n) is 4.60. The van der Waals surface area contributed by atoms with Crippen molar-refractivity contribution in [3.63, 3.8) is 0 Å². The van der Waals surface area contributed by atoms with Crippen LogP contribution in [0.1, 0.15) is 104 Å². The van der Waals surface area contributed by atoms with Crippen molar-refractivity contribution in [3.05, 3.63) is 35.4 Å². The van der Waals surface area contributed by atoms with Crippen molar-refractivity contribution < 1.29 is 38.1 Å². The highest BCUT2D eigenvalue weighted by atomic mass is 16.6. The molecule has 40 heavy (non-hydrogen) atoms. The van der Waals surface area contributed by atoms with Crippen LogP contribution in [0.5, 0.6) is 0 Å². The second kappa shape index (κ2) is 14.6. The molecule has 2 unspecified atom stereocenters. The van der Waals surface area contributed by atoms with E-state index in [0.717, 1.165) is 0 Å². The van der Waals surface area contributed by atoms with Crippen LogP contribution in [0, 0.1) is 34.5 Å². The van der Waals surface area contributed by atoms with Crippen molar-refractivity contribution in [2.75, 3.05) is 13.2 Å². The number of benzene rings is 1. The van der Waals surface area contributed by atoms with E-state index in [-0.39, 0.29) is 60.0 Å². The molecular formula is C32H50O8. The van der Waals surface area contributed by atoms with Crippen LogP contribution in [-0.2, 0) is 28.5 Å². The molecule has 0 radical (unpaired) electrons. The highest BCUT2D eigenvalue weighted by Gasteiger charge is 2.39. The normalized spacial score (nSPS) is 13.8. The average Bonchev–Trinajstić information content (AvgIpc) is 2.86. The van der Waals surface area contributed by atoms with Crippen LogP contribution in [0.4, 0.5) is 0 Å². The number of rotatable bonds is 14. The first-order valence-corrected chi connectivity index (χ1v) is 14.2. The minimum Gasteiger partial charge on any atom is -0.465 e. The molecule has 8 heteroatoms. The molecule has 226 valence electrons. The maximum Gasteiger partial charge on any atom is 0.339 e. The second-order valence-corrected chi connectivity index (χ2v) is 13.2. The standard InChI is InChI=1S/C32H50O8/c1-19(2)25(31(9,10)17-37-27(33)21(5)6)39-29(35)23-15-13-14-16-24(23)30(36)40-26(20(3)4)32(11,12)18-38-28(34)22(7)8/h13-16,19-22,25-26H,17-18H2,1-12H3. The molecule has 0 fully saturated rings. The van der Waals surface area contributed by atoms with Crippen molar-refractivity contribution in [1.82, 2.24) is 0 Å². The van der Waals surface area contributed by atoms with E-state index in [2.05, 4.69) is 0 Å². The van der Waals surface area contributed by atoms with Crippen LogP contribution in [-0.4, -0.2) is 49.3 Å². The minimum absolute atomic E-state index is 0.0797. The maximum absolute atomic E-state index is 13.4. The van der Waals surface area contributed by atoms with Gasteiger partial charge in [0.05, 0.1) is 36.2 Å². The van der Waals surface area contributed by atoms with Gasteiger partial charge in [-0.3, -0.25) is 9.59 Å². The van der Waals surface area contributed by atoms with Crippen molar-refractivity contribution in [2.24, 2.45) is 34.5 Å². The monoisotopic (exact) mass is 562 g/mol. The largest absolute Gasteiger partial charge is 0.465 e. The number of hydrogen-bond acceptors (Lipinski definition) is 8. The van der Waals surface area contributed by atoms with Gasteiger partial charge in [-0.1, -0.05) is 95.2 Å². The van der Waals surface area contributed by atoms with Gasteiger partial charge in [0.1, 0.15) is 12.2 Å². The lowest BCUT2D eigenvalue weighted by Crippen LogP contribution is -2.43. The van der Waals surface area contributed by atoms with Crippen molar-refractivity contribution in [2.45, 2.75) is 95.3 Å². The first-order valence-electron chi connectivity index (χ1n) is 14.2. The van der Waals surface area contributed by atoms with Crippen LogP contribution in [0.3, 0.4) is 0 Å². The van der Waals surface area contributed by atoms with Crippen LogP contribution in [0.15, 0.2) is 24.3 Å². The molecule has 8 nitrogen and oxygen atoms in total. The molecule has 1 aromatic rings. The summed E-state index contributed by atoms with van der Waals surface area (Å²) in [5.41, 5.74) is -1.19. The van der Waals surface area contributed by atoms with Crippen molar-refractivity contribution >= 4 is 23.9 Å². The molecule has 0 aliphatic heterocycles. The van der Waals surface area contributed by atoms with Crippen molar-refractivity contribution in [1.29, 1.82) is 0 Å². The summed E-state index contributed by atoms with van der Waals surface area (Å²) in [4.78, 5) is 51.0. The van der Waals surface area contributed by atoms with E-state index < -0.39 is 35.0 Å². The summed E-state index contributed by atoms with van der Waals surface area (Å²) in [6, 6.07) is 6.37. The van der Waals surface area contributed by atoms with Gasteiger partial charge in [0.15, 0.2) is 0 Å². The summed E-state index contributed by atoms with van der Waals surface area (Å²) in [6.07, 6.45) is -1.19. The van der Waals surface area contributed by atoms with Crippen LogP contribution in [0.25, 0.3) is 0 Å². The predicted octanol–water partition coefficient (Wildman–Crippen LogP) is 6.50. The van der Waals surface area contributed by atoms with Gasteiger partial charge in [-0.15, -0.1) is 0 Å². The molecule has 0 saturated heterocycles. The smallest absolute Gasteiger partial charge is 0.339 e. The fraction of sp³-hybridized carbons (Fsp3) is 0.688. The SMILES string of the molecule is CC(C)C(=O)OCC(C)(C)C(OC(=O)c1ccccc1C(=O)OC(C(C)C)C(C)(C)COC(=O)C(C)C)C(C)C. The Morgan fingerprint density at radius 3 is 1.15 bits per heavy atom. The van der Waals surface area contributed by atoms with Crippen LogP contribution < -0.4 is 0 Å². The number of esters is 4. The predicted molar refractivity (Wildman–Crippen MR) is 154 cm³/mol. The van der Waals surface area contributed by atoms with Crippen LogP contribution >= 0.6 is 0 Å². The molecule has 0 aromatic heterocycles. The molecule has 1 rings (SSSR count). The lowest BCUT2D eigenvalue weighted by atomic mass is 9.81. The zero-order valence-electron chi connectivity index (χ0n) is 26.5. The lowest BCUT2D eigenvalue weighted by molar-refractivity contribution is -0.154. The Balaban J connectivity index is 3.18. The Kier molecular flexibility index (Phi) is 12.9. The quantitative estimate of drug-likeness (QED) is 0.187. The summed E-state index contributed by atoms with van der Waals surface area (Å²) < 4.78 is 22.8. The van der Waals surface area contributed by atoms with Gasteiger partial charge in [0.25, 0.3) is 0 Å². The molecule has 0 amide bonds. The molecular weight excluding hydrogens is 512 g/mol. The van der Waals surface area contributed by atoms with E-state index in [0.29, 0.717) is 0 Å². The van der Waals surface area contributed by atoms with E-state index in [1.165, 1.54) is 12.1 Å². The Bertz CT molecular complexity index is 938. The van der Waals surface area contributed by atoms with Gasteiger partial charge < -0.3 is 18.9 Å². The lowest BCUT2D eigenvalue weighted by Gasteiger charge is -2.36. The summed E-state index contributed by atoms with van der Waals surface area (Å²) in [5.74, 6) is -2.69. The topological polar surface area (TPSA) is 105 Å². The molecule has 2 atom stereocenters. The Labute approximate surface area is 240 Å². The number of carbonyl (C=O) groups excluding carboxylic acids is 4. The maximum atomic E-state index is 13.4. The van der Waals surface area contributed by atoms with Gasteiger partial charge >= 0.3 is 23.9 Å². The van der Waals surface area contributed by atoms with Crippen molar-refractivity contribution in [3.8, 4) is 0 Å². The van der Waals surface area contributed by atoms with Gasteiger partial charge in [0, 0.05) is 10.8 Å². The van der Waals surface area contributed by atoms with Gasteiger partial charge in [0.2, 0.25) is 0 Å². The number of carbonyl (C=O) groups is 4. The molecule has 0 bridgehead atoms. The van der Waals surface area contributed by atoms with E-state index in [1.807, 2.05) is 55.4 Å². The fourth-order valence-corrected chi connectivity index (χ4v) is 4.60. The Morgan fingerprint density at radius 2 is 0.900 bits per heavy atom. The molecule has 0 heterocycles. The molecule has 0 N–H and O–H groups in total. The van der Waals surface area contributed by atoms with E-state index in [4.69, 9.17) is 18.9 Å². The Morgan fingerprint density at radius 1 is 0.600 bits per heavy atom. The average molecular weight is 563 g/mol. The first kappa shape index (κ1) is 35.1. The van der Waals surface area contributed by atoms with Gasteiger partial charge in [-0.05, 0) is 24.0 Å². The minimum atomic E-state index is -0.677. The molecule has 0 aliphatic carbocycles. The van der Waals surface area contributed by atoms with E-state index in [1.54, 1.807) is 39.8 Å². The number of hydrogen-bond donors (Lipinski definition) is 0. The molecule has 0 saturated carbocycles. The zero-order chi connectivity index (χ0) is 31.0. The van der Waals surface area contributed by atoms with Gasteiger partial charge in [-0.2, -0.15) is 0 Å². The summed E-state index contributed by atoms with van der Waals surface area (Å²) in [6.45, 7) is 22.4. The molecule has 0 spiro atoms. The first-order chi connectivity index (χ1) is 18.3. The second-order valence-electron chi connectivity index (χ2n) is 13.2. The van der Waals surface area contributed by atoms with E-state index >= 15 is 0 Å². The Hall–Kier alpha value is -2.90. The third-order valence-electron chi connectivity index (χ3n) is 6.70. The molecule has 0 aliphatic rings. The third kappa shape index (κ3) is 9.93. The summed E-state index contributed by atoms with van der Waals surface area (Å²) in [5, 5.41) is 0. The highest BCUT2D eigenvalue weighted by Crippen LogP contribution is 2.33. The van der Waals surface area contributed by atoms with Crippen LogP contribution in [0.2, 0.25) is 0 Å². The van der Waals surface area contributed by atoms with E-state index in [9.17, 15) is 19.2 Å². The number of ether oxygens (including phenoxy) is 4. The molecule has 1 aromatic carbocycles. The summed E-state index contributed by atoms with van der Waals surface area (Å²) in [7, 11) is 0. The van der Waals surface area contributed by atoms with Gasteiger partial charge in [-0.25, -0.2) is 9.59 Å². The highest BCUT2D eigenvalue weighted by molar-refractivity contribution is 6.03. The third-order valence-corrected chi connectivity index (χ3v) is 6.70.